The van der Waals surface area contributed by atoms with Crippen molar-refractivity contribution in [1.29, 1.82) is 0 Å². The van der Waals surface area contributed by atoms with E-state index in [0.717, 1.165) is 10.9 Å². The van der Waals surface area contributed by atoms with Gasteiger partial charge in [-0.3, -0.25) is 9.89 Å². The molecule has 0 aliphatic rings. The van der Waals surface area contributed by atoms with Gasteiger partial charge in [-0.05, 0) is 49.4 Å². The summed E-state index contributed by atoms with van der Waals surface area (Å²) in [6.45, 7) is 3.47. The molecule has 28 heavy (non-hydrogen) atoms. The van der Waals surface area contributed by atoms with Crippen LogP contribution < -0.4 is 10.6 Å². The number of nitrogens with one attached hydrogen (secondary N) is 3. The van der Waals surface area contributed by atoms with E-state index in [1.54, 1.807) is 36.4 Å². The number of aromatic amines is 1. The molecule has 3 N–H and O–H groups in total. The number of fused-ring (bicyclic) bond motifs is 1. The quantitative estimate of drug-likeness (QED) is 0.317. The number of guanidine groups is 1. The summed E-state index contributed by atoms with van der Waals surface area (Å²) in [6, 6.07) is 11.9. The Kier molecular flexibility index (Phi) is 6.86. The van der Waals surface area contributed by atoms with Crippen LogP contribution in [-0.2, 0) is 4.74 Å². The molecule has 0 aliphatic carbocycles. The number of benzene rings is 2. The van der Waals surface area contributed by atoms with Gasteiger partial charge in [0.2, 0.25) is 5.96 Å². The Morgan fingerprint density at radius 1 is 1.18 bits per heavy atom. The van der Waals surface area contributed by atoms with Gasteiger partial charge in [-0.15, -0.1) is 0 Å². The minimum absolute atomic E-state index is 0.267. The molecule has 0 unspecified atom stereocenters. The molecule has 0 fully saturated rings. The van der Waals surface area contributed by atoms with Crippen LogP contribution in [0.25, 0.3) is 10.9 Å². The fourth-order valence-corrected chi connectivity index (χ4v) is 2.75. The van der Waals surface area contributed by atoms with Gasteiger partial charge in [0.1, 0.15) is 0 Å². The van der Waals surface area contributed by atoms with E-state index < -0.39 is 5.91 Å². The number of anilines is 1. The maximum atomic E-state index is 12.5. The number of aliphatic imine (C=N–C) groups is 1. The summed E-state index contributed by atoms with van der Waals surface area (Å²) >= 11 is 11.9. The zero-order chi connectivity index (χ0) is 19.9. The van der Waals surface area contributed by atoms with Crippen LogP contribution in [0.4, 0.5) is 5.82 Å². The third kappa shape index (κ3) is 5.22. The number of nitrogens with zero attached hydrogens (tertiary/aromatic N) is 2. The molecule has 0 atom stereocenters. The van der Waals surface area contributed by atoms with Gasteiger partial charge in [-0.25, -0.2) is 0 Å². The first kappa shape index (κ1) is 20.1. The molecular formula is C19H19Cl2N5O2. The summed E-state index contributed by atoms with van der Waals surface area (Å²) in [5.74, 6) is 0.382. The number of carbonyl (C=O) groups is 1. The minimum Gasteiger partial charge on any atom is -0.380 e. The van der Waals surface area contributed by atoms with E-state index in [4.69, 9.17) is 27.9 Å². The smallest absolute Gasteiger partial charge is 0.280 e. The van der Waals surface area contributed by atoms with Crippen LogP contribution in [0.3, 0.4) is 0 Å². The standard InChI is InChI=1S/C19H19Cl2N5O2/c1-2-28-10-9-22-19(24-18(27)12-3-5-13(20)6-4-12)23-17-15-8-7-14(21)11-16(15)25-26-17/h3-8,11H,2,9-10H2,1H3,(H3,22,23,24,25,26,27). The summed E-state index contributed by atoms with van der Waals surface area (Å²) in [4.78, 5) is 16.7. The van der Waals surface area contributed by atoms with E-state index >= 15 is 0 Å². The van der Waals surface area contributed by atoms with Gasteiger partial charge >= 0.3 is 0 Å². The average molecular weight is 420 g/mol. The van der Waals surface area contributed by atoms with E-state index in [9.17, 15) is 4.79 Å². The molecule has 0 radical (unpaired) electrons. The van der Waals surface area contributed by atoms with Crippen molar-refractivity contribution in [1.82, 2.24) is 15.5 Å². The first-order chi connectivity index (χ1) is 13.6. The average Bonchev–Trinajstić information content (AvgIpc) is 3.07. The van der Waals surface area contributed by atoms with E-state index in [2.05, 4.69) is 25.8 Å². The number of H-pyrrole nitrogens is 1. The molecule has 3 aromatic rings. The Balaban J connectivity index is 1.82. The lowest BCUT2D eigenvalue weighted by molar-refractivity contribution is 0.100. The molecule has 9 heteroatoms. The fourth-order valence-electron chi connectivity index (χ4n) is 2.46. The van der Waals surface area contributed by atoms with Crippen molar-refractivity contribution in [3.8, 4) is 0 Å². The van der Waals surface area contributed by atoms with E-state index in [-0.39, 0.29) is 5.96 Å². The highest BCUT2D eigenvalue weighted by atomic mass is 35.5. The Labute approximate surface area is 172 Å². The third-order valence-corrected chi connectivity index (χ3v) is 4.30. The SMILES string of the molecule is CCOCCN/C(=N/C(=O)c1ccc(Cl)cc1)Nc1n[nH]c2cc(Cl)ccc12. The Hall–Kier alpha value is -2.61. The fraction of sp³-hybridized carbons (Fsp3) is 0.211. The number of hydrogen-bond donors (Lipinski definition) is 3. The number of amides is 1. The molecule has 0 spiro atoms. The second kappa shape index (κ2) is 9.54. The molecular weight excluding hydrogens is 401 g/mol. The molecule has 1 amide bonds. The highest BCUT2D eigenvalue weighted by molar-refractivity contribution is 6.31. The van der Waals surface area contributed by atoms with Crippen molar-refractivity contribution in [3.05, 3.63) is 58.1 Å². The molecule has 1 heterocycles. The van der Waals surface area contributed by atoms with Gasteiger partial charge < -0.3 is 15.4 Å². The lowest BCUT2D eigenvalue weighted by Gasteiger charge is -2.11. The summed E-state index contributed by atoms with van der Waals surface area (Å²) < 4.78 is 5.32. The van der Waals surface area contributed by atoms with Crippen LogP contribution in [0, 0.1) is 0 Å². The predicted octanol–water partition coefficient (Wildman–Crippen LogP) is 4.10. The Morgan fingerprint density at radius 3 is 2.68 bits per heavy atom. The van der Waals surface area contributed by atoms with Gasteiger partial charge in [-0.2, -0.15) is 10.1 Å². The number of hydrogen-bond acceptors (Lipinski definition) is 3. The normalized spacial score (nSPS) is 11.6. The molecule has 3 rings (SSSR count). The highest BCUT2D eigenvalue weighted by Gasteiger charge is 2.11. The van der Waals surface area contributed by atoms with Crippen molar-refractivity contribution >= 4 is 51.8 Å². The Morgan fingerprint density at radius 2 is 1.93 bits per heavy atom. The molecule has 2 aromatic carbocycles. The molecule has 1 aromatic heterocycles. The van der Waals surface area contributed by atoms with Gasteiger partial charge in [0.05, 0.1) is 12.1 Å². The first-order valence-corrected chi connectivity index (χ1v) is 9.43. The van der Waals surface area contributed by atoms with E-state index in [0.29, 0.717) is 41.2 Å². The molecule has 146 valence electrons. The van der Waals surface area contributed by atoms with Crippen LogP contribution >= 0.6 is 23.2 Å². The number of aromatic nitrogens is 2. The van der Waals surface area contributed by atoms with Gasteiger partial charge in [0.15, 0.2) is 5.82 Å². The van der Waals surface area contributed by atoms with Gasteiger partial charge in [-0.1, -0.05) is 23.2 Å². The van der Waals surface area contributed by atoms with E-state index in [1.807, 2.05) is 13.0 Å². The van der Waals surface area contributed by atoms with E-state index in [1.165, 1.54) is 0 Å². The van der Waals surface area contributed by atoms with Crippen LogP contribution in [0.15, 0.2) is 47.5 Å². The number of carbonyl (C=O) groups excluding carboxylic acids is 1. The molecule has 0 bridgehead atoms. The van der Waals surface area contributed by atoms with Crippen molar-refractivity contribution in [2.45, 2.75) is 6.92 Å². The van der Waals surface area contributed by atoms with Crippen LogP contribution in [0.5, 0.6) is 0 Å². The van der Waals surface area contributed by atoms with Crippen molar-refractivity contribution in [2.24, 2.45) is 4.99 Å². The maximum absolute atomic E-state index is 12.5. The second-order valence-corrected chi connectivity index (χ2v) is 6.66. The van der Waals surface area contributed by atoms with Crippen molar-refractivity contribution in [2.75, 3.05) is 25.1 Å². The predicted molar refractivity (Wildman–Crippen MR) is 112 cm³/mol. The molecule has 0 saturated carbocycles. The summed E-state index contributed by atoms with van der Waals surface area (Å²) in [5, 5.41) is 15.2. The summed E-state index contributed by atoms with van der Waals surface area (Å²) in [7, 11) is 0. The van der Waals surface area contributed by atoms with Crippen molar-refractivity contribution < 1.29 is 9.53 Å². The maximum Gasteiger partial charge on any atom is 0.280 e. The zero-order valence-corrected chi connectivity index (χ0v) is 16.6. The highest BCUT2D eigenvalue weighted by Crippen LogP contribution is 2.23. The number of rotatable bonds is 6. The topological polar surface area (TPSA) is 91.4 Å². The Bertz CT molecular complexity index is 986. The summed E-state index contributed by atoms with van der Waals surface area (Å²) in [6.07, 6.45) is 0. The van der Waals surface area contributed by atoms with Gasteiger partial charge in [0.25, 0.3) is 5.91 Å². The van der Waals surface area contributed by atoms with Gasteiger partial charge in [0, 0.05) is 34.1 Å². The monoisotopic (exact) mass is 419 g/mol. The van der Waals surface area contributed by atoms with Crippen LogP contribution in [-0.4, -0.2) is 41.8 Å². The lowest BCUT2D eigenvalue weighted by atomic mass is 10.2. The van der Waals surface area contributed by atoms with Crippen LogP contribution in [0.1, 0.15) is 17.3 Å². The molecule has 0 saturated heterocycles. The molecule has 0 aliphatic heterocycles. The van der Waals surface area contributed by atoms with Crippen LogP contribution in [0.2, 0.25) is 10.0 Å². The zero-order valence-electron chi connectivity index (χ0n) is 15.1. The lowest BCUT2D eigenvalue weighted by Crippen LogP contribution is -2.34. The molecule has 7 nitrogen and oxygen atoms in total. The second-order valence-electron chi connectivity index (χ2n) is 5.78. The van der Waals surface area contributed by atoms with Crippen molar-refractivity contribution in [3.63, 3.8) is 0 Å². The first-order valence-electron chi connectivity index (χ1n) is 8.67. The third-order valence-electron chi connectivity index (χ3n) is 3.81. The minimum atomic E-state index is -0.411. The summed E-state index contributed by atoms with van der Waals surface area (Å²) in [5.41, 5.74) is 1.20. The number of halogens is 2. The number of ether oxygens (including phenoxy) is 1. The largest absolute Gasteiger partial charge is 0.380 e.